The normalized spacial score (nSPS) is 15.6. The second-order valence-electron chi connectivity index (χ2n) is 11.2. The number of hydrogen-bond donors (Lipinski definition) is 0. The number of aromatic nitrogens is 4. The fourth-order valence-electron chi connectivity index (χ4n) is 5.68. The van der Waals surface area contributed by atoms with Gasteiger partial charge in [-0.05, 0) is 48.7 Å². The predicted molar refractivity (Wildman–Crippen MR) is 168 cm³/mol. The predicted octanol–water partition coefficient (Wildman–Crippen LogP) is 4.58. The van der Waals surface area contributed by atoms with E-state index in [1.807, 2.05) is 20.8 Å². The van der Waals surface area contributed by atoms with E-state index in [9.17, 15) is 18.0 Å². The van der Waals surface area contributed by atoms with Gasteiger partial charge in [-0.2, -0.15) is 4.98 Å². The minimum Gasteiger partial charge on any atom is -0.350 e. The van der Waals surface area contributed by atoms with Crippen molar-refractivity contribution in [3.63, 3.8) is 0 Å². The van der Waals surface area contributed by atoms with Crippen molar-refractivity contribution in [3.8, 4) is 11.3 Å². The standard InChI is InChI=1S/C31H31ClF2N6O4S/c1-6-25(41)38-12-13-39(18(4)15-38)29-20-14-24(34)27(26-22(32)8-7-9-23(26)33)36-28(20)40(31(42)37-29)16-21-19(17(2)3)10-11-35-30(21)45(5,43)44/h6-11,14,17-18H,1,12-13,15-16H2,2-5H3/t18-/m0/s1. The number of pyridine rings is 2. The van der Waals surface area contributed by atoms with Crippen LogP contribution in [0.3, 0.4) is 0 Å². The number of amides is 1. The Kier molecular flexibility index (Phi) is 8.78. The first-order valence-electron chi connectivity index (χ1n) is 14.1. The Morgan fingerprint density at radius 1 is 1.18 bits per heavy atom. The highest BCUT2D eigenvalue weighted by atomic mass is 35.5. The second kappa shape index (κ2) is 12.3. The van der Waals surface area contributed by atoms with Gasteiger partial charge in [-0.3, -0.25) is 9.36 Å². The van der Waals surface area contributed by atoms with E-state index in [4.69, 9.17) is 11.6 Å². The number of carbonyl (C=O) groups excluding carboxylic acids is 1. The van der Waals surface area contributed by atoms with E-state index in [1.165, 1.54) is 24.4 Å². The van der Waals surface area contributed by atoms with Crippen molar-refractivity contribution in [2.75, 3.05) is 30.8 Å². The molecular weight excluding hydrogens is 626 g/mol. The summed E-state index contributed by atoms with van der Waals surface area (Å²) in [7, 11) is -3.83. The summed E-state index contributed by atoms with van der Waals surface area (Å²) in [5, 5.41) is -0.169. The van der Waals surface area contributed by atoms with Crippen LogP contribution in [0.25, 0.3) is 22.3 Å². The number of rotatable bonds is 7. The van der Waals surface area contributed by atoms with Gasteiger partial charge in [0.25, 0.3) is 0 Å². The Bertz CT molecular complexity index is 2000. The summed E-state index contributed by atoms with van der Waals surface area (Å²) in [6, 6.07) is 6.35. The highest BCUT2D eigenvalue weighted by Gasteiger charge is 2.31. The molecule has 0 aliphatic carbocycles. The van der Waals surface area contributed by atoms with E-state index in [2.05, 4.69) is 21.5 Å². The molecule has 1 aromatic carbocycles. The molecule has 0 spiro atoms. The zero-order valence-electron chi connectivity index (χ0n) is 25.1. The molecule has 4 heterocycles. The first-order chi connectivity index (χ1) is 21.2. The number of hydrogen-bond acceptors (Lipinski definition) is 8. The van der Waals surface area contributed by atoms with E-state index >= 15 is 8.78 Å². The number of piperazine rings is 1. The average Bonchev–Trinajstić information content (AvgIpc) is 2.97. The molecule has 0 radical (unpaired) electrons. The van der Waals surface area contributed by atoms with Crippen molar-refractivity contribution in [3.05, 3.63) is 87.5 Å². The molecule has 236 valence electrons. The van der Waals surface area contributed by atoms with Crippen LogP contribution in [-0.4, -0.2) is 70.7 Å². The van der Waals surface area contributed by atoms with Crippen molar-refractivity contribution in [1.29, 1.82) is 0 Å². The Labute approximate surface area is 263 Å². The zero-order valence-corrected chi connectivity index (χ0v) is 26.7. The molecular formula is C31H31ClF2N6O4S. The maximum Gasteiger partial charge on any atom is 0.351 e. The molecule has 0 unspecified atom stereocenters. The molecule has 0 bridgehead atoms. The van der Waals surface area contributed by atoms with Crippen LogP contribution in [0, 0.1) is 11.6 Å². The molecule has 1 amide bonds. The van der Waals surface area contributed by atoms with Gasteiger partial charge in [0.05, 0.1) is 22.5 Å². The van der Waals surface area contributed by atoms with Gasteiger partial charge < -0.3 is 9.80 Å². The first-order valence-corrected chi connectivity index (χ1v) is 16.4. The lowest BCUT2D eigenvalue weighted by molar-refractivity contribution is -0.126. The van der Waals surface area contributed by atoms with Crippen molar-refractivity contribution in [1.82, 2.24) is 24.4 Å². The third-order valence-electron chi connectivity index (χ3n) is 7.81. The van der Waals surface area contributed by atoms with Gasteiger partial charge >= 0.3 is 5.69 Å². The van der Waals surface area contributed by atoms with Crippen LogP contribution in [0.15, 0.2) is 59.0 Å². The van der Waals surface area contributed by atoms with Crippen molar-refractivity contribution in [2.45, 2.75) is 44.3 Å². The van der Waals surface area contributed by atoms with Crippen molar-refractivity contribution in [2.24, 2.45) is 0 Å². The van der Waals surface area contributed by atoms with Crippen LogP contribution >= 0.6 is 11.6 Å². The molecule has 1 aliphatic rings. The molecule has 14 heteroatoms. The van der Waals surface area contributed by atoms with Crippen LogP contribution in [-0.2, 0) is 21.2 Å². The third kappa shape index (κ3) is 6.06. The Balaban J connectivity index is 1.80. The van der Waals surface area contributed by atoms with E-state index in [0.29, 0.717) is 18.7 Å². The smallest absolute Gasteiger partial charge is 0.350 e. The maximum atomic E-state index is 15.9. The minimum absolute atomic E-state index is 0.0597. The van der Waals surface area contributed by atoms with Gasteiger partial charge in [-0.25, -0.2) is 32.0 Å². The SMILES string of the molecule is C=CC(=O)N1CCN(c2nc(=O)n(Cc3c(C(C)C)ccnc3S(C)(=O)=O)c3nc(-c4c(F)cccc4Cl)c(F)cc23)[C@@H](C)C1. The average molecular weight is 657 g/mol. The Hall–Kier alpha value is -4.23. The van der Waals surface area contributed by atoms with Crippen molar-refractivity contribution < 1.29 is 22.0 Å². The monoisotopic (exact) mass is 656 g/mol. The molecule has 5 rings (SSSR count). The Morgan fingerprint density at radius 3 is 2.53 bits per heavy atom. The first kappa shape index (κ1) is 32.2. The lowest BCUT2D eigenvalue weighted by atomic mass is 9.99. The van der Waals surface area contributed by atoms with E-state index < -0.39 is 32.9 Å². The minimum atomic E-state index is -3.83. The lowest BCUT2D eigenvalue weighted by Gasteiger charge is -2.40. The highest BCUT2D eigenvalue weighted by Crippen LogP contribution is 2.35. The van der Waals surface area contributed by atoms with Crippen LogP contribution in [0.2, 0.25) is 5.02 Å². The molecule has 0 N–H and O–H groups in total. The summed E-state index contributed by atoms with van der Waals surface area (Å²) in [5.74, 6) is -1.99. The summed E-state index contributed by atoms with van der Waals surface area (Å²) in [6.07, 6.45) is 3.64. The molecule has 3 aromatic heterocycles. The molecule has 4 aromatic rings. The summed E-state index contributed by atoms with van der Waals surface area (Å²) < 4.78 is 57.6. The van der Waals surface area contributed by atoms with E-state index in [-0.39, 0.29) is 69.0 Å². The Morgan fingerprint density at radius 2 is 1.91 bits per heavy atom. The van der Waals surface area contributed by atoms with Gasteiger partial charge in [0.15, 0.2) is 20.7 Å². The van der Waals surface area contributed by atoms with E-state index in [0.717, 1.165) is 23.0 Å². The third-order valence-corrected chi connectivity index (χ3v) is 9.18. The van der Waals surface area contributed by atoms with Crippen molar-refractivity contribution >= 4 is 44.2 Å². The van der Waals surface area contributed by atoms with Gasteiger partial charge in [0, 0.05) is 43.7 Å². The maximum absolute atomic E-state index is 15.9. The molecule has 45 heavy (non-hydrogen) atoms. The lowest BCUT2D eigenvalue weighted by Crippen LogP contribution is -2.54. The highest BCUT2D eigenvalue weighted by molar-refractivity contribution is 7.90. The molecule has 1 aliphatic heterocycles. The largest absolute Gasteiger partial charge is 0.351 e. The van der Waals surface area contributed by atoms with Gasteiger partial charge in [-0.1, -0.05) is 38.1 Å². The van der Waals surface area contributed by atoms with Gasteiger partial charge in [-0.15, -0.1) is 0 Å². The summed E-state index contributed by atoms with van der Waals surface area (Å²) in [6.45, 7) is 9.67. The molecule has 1 saturated heterocycles. The second-order valence-corrected chi connectivity index (χ2v) is 13.6. The molecule has 10 nitrogen and oxygen atoms in total. The van der Waals surface area contributed by atoms with Gasteiger partial charge in [0.1, 0.15) is 23.0 Å². The van der Waals surface area contributed by atoms with Crippen LogP contribution in [0.5, 0.6) is 0 Å². The number of fused-ring (bicyclic) bond motifs is 1. The number of sulfone groups is 1. The summed E-state index contributed by atoms with van der Waals surface area (Å²) in [5.41, 5.74) is -0.682. The summed E-state index contributed by atoms with van der Waals surface area (Å²) in [4.78, 5) is 42.5. The number of halogens is 3. The van der Waals surface area contributed by atoms with Crippen LogP contribution in [0.4, 0.5) is 14.6 Å². The fraction of sp³-hybridized carbons (Fsp3) is 0.323. The number of benzene rings is 1. The van der Waals surface area contributed by atoms with Gasteiger partial charge in [0.2, 0.25) is 5.91 Å². The zero-order chi connectivity index (χ0) is 32.8. The van der Waals surface area contributed by atoms with E-state index in [1.54, 1.807) is 15.9 Å². The summed E-state index contributed by atoms with van der Waals surface area (Å²) >= 11 is 6.29. The van der Waals surface area contributed by atoms with Crippen LogP contribution < -0.4 is 10.6 Å². The quantitative estimate of drug-likeness (QED) is 0.265. The number of anilines is 1. The molecule has 0 saturated carbocycles. The molecule has 1 atom stereocenters. The topological polar surface area (TPSA) is 118 Å². The number of carbonyl (C=O) groups is 1. The van der Waals surface area contributed by atoms with Crippen LogP contribution in [0.1, 0.15) is 37.8 Å². The fourth-order valence-corrected chi connectivity index (χ4v) is 6.81. The number of nitrogens with zero attached hydrogens (tertiary/aromatic N) is 6. The molecule has 1 fully saturated rings.